The molecule has 4 saturated carbocycles. The monoisotopic (exact) mass is 348 g/mol. The summed E-state index contributed by atoms with van der Waals surface area (Å²) in [6, 6.07) is 0. The van der Waals surface area contributed by atoms with Crippen molar-refractivity contribution in [1.82, 2.24) is 0 Å². The van der Waals surface area contributed by atoms with Crippen LogP contribution in [0, 0.1) is 23.7 Å². The van der Waals surface area contributed by atoms with Gasteiger partial charge in [-0.2, -0.15) is 0 Å². The van der Waals surface area contributed by atoms with E-state index < -0.39 is 17.5 Å². The Morgan fingerprint density at radius 1 is 1.04 bits per heavy atom. The molecule has 4 aliphatic rings. The van der Waals surface area contributed by atoms with Crippen molar-refractivity contribution < 1.29 is 19.1 Å². The summed E-state index contributed by atoms with van der Waals surface area (Å²) in [6.07, 6.45) is 10.1. The van der Waals surface area contributed by atoms with E-state index in [9.17, 15) is 9.59 Å². The van der Waals surface area contributed by atoms with Crippen LogP contribution in [0.5, 0.6) is 0 Å². The zero-order chi connectivity index (χ0) is 18.2. The Hall–Kier alpha value is -1.32. The summed E-state index contributed by atoms with van der Waals surface area (Å²) in [5.41, 5.74) is -0.777. The Kier molecular flexibility index (Phi) is 5.00. The molecule has 4 aliphatic carbocycles. The molecule has 0 aromatic rings. The first kappa shape index (κ1) is 18.5. The second-order valence-corrected chi connectivity index (χ2v) is 9.10. The summed E-state index contributed by atoms with van der Waals surface area (Å²) in [4.78, 5) is 24.4. The van der Waals surface area contributed by atoms with Gasteiger partial charge in [-0.3, -0.25) is 0 Å². The number of rotatable bonds is 6. The van der Waals surface area contributed by atoms with Crippen LogP contribution in [0.15, 0.2) is 12.2 Å². The van der Waals surface area contributed by atoms with Gasteiger partial charge in [0, 0.05) is 12.2 Å². The quantitative estimate of drug-likeness (QED) is 0.526. The van der Waals surface area contributed by atoms with E-state index in [1.807, 2.05) is 27.7 Å². The molecular formula is C21H32O4. The first-order valence-corrected chi connectivity index (χ1v) is 9.87. The van der Waals surface area contributed by atoms with E-state index in [-0.39, 0.29) is 11.5 Å². The Balaban J connectivity index is 1.56. The molecule has 1 atom stereocenters. The lowest BCUT2D eigenvalue weighted by Crippen LogP contribution is -2.52. The van der Waals surface area contributed by atoms with Crippen molar-refractivity contribution in [2.24, 2.45) is 23.7 Å². The highest BCUT2D eigenvalue weighted by Crippen LogP contribution is 2.57. The van der Waals surface area contributed by atoms with E-state index in [2.05, 4.69) is 0 Å². The number of carbonyl (C=O) groups excluding carboxylic acids is 2. The molecule has 4 heteroatoms. The smallest absolute Gasteiger partial charge is 0.331 e. The van der Waals surface area contributed by atoms with Crippen LogP contribution in [0.1, 0.15) is 72.6 Å². The van der Waals surface area contributed by atoms with Crippen LogP contribution in [-0.4, -0.2) is 23.1 Å². The van der Waals surface area contributed by atoms with E-state index in [0.717, 1.165) is 43.4 Å². The molecule has 0 aromatic carbocycles. The molecule has 25 heavy (non-hydrogen) atoms. The van der Waals surface area contributed by atoms with Gasteiger partial charge in [0.15, 0.2) is 0 Å². The third kappa shape index (κ3) is 3.93. The van der Waals surface area contributed by atoms with Gasteiger partial charge in [0.1, 0.15) is 11.2 Å². The lowest BCUT2D eigenvalue weighted by molar-refractivity contribution is -0.181. The molecule has 4 rings (SSSR count). The maximum Gasteiger partial charge on any atom is 0.331 e. The minimum atomic E-state index is -0.509. The number of carbonyl (C=O) groups is 2. The van der Waals surface area contributed by atoms with E-state index in [1.54, 1.807) is 0 Å². The molecule has 0 N–H and O–H groups in total. The predicted octanol–water partition coefficient (Wildman–Crippen LogP) is 4.42. The molecule has 0 heterocycles. The summed E-state index contributed by atoms with van der Waals surface area (Å²) in [5, 5.41) is 0. The van der Waals surface area contributed by atoms with Gasteiger partial charge in [0.05, 0.1) is 0 Å². The Bertz CT molecular complexity index is 527. The van der Waals surface area contributed by atoms with Gasteiger partial charge in [-0.25, -0.2) is 9.59 Å². The van der Waals surface area contributed by atoms with Crippen molar-refractivity contribution >= 4 is 11.9 Å². The average molecular weight is 348 g/mol. The fraction of sp³-hybridized carbons (Fsp3) is 0.810. The summed E-state index contributed by atoms with van der Waals surface area (Å²) in [5.74, 6) is 1.52. The Morgan fingerprint density at radius 3 is 1.96 bits per heavy atom. The third-order valence-electron chi connectivity index (χ3n) is 6.91. The SMILES string of the molecule is CCC(C)(OC(=O)/C=C/C(=O)OC12CC3CC(CC(C3)C1)C2)C(C)C. The molecule has 1 unspecified atom stereocenters. The van der Waals surface area contributed by atoms with Crippen LogP contribution in [-0.2, 0) is 19.1 Å². The third-order valence-corrected chi connectivity index (χ3v) is 6.91. The van der Waals surface area contributed by atoms with Crippen molar-refractivity contribution in [2.45, 2.75) is 83.8 Å². The van der Waals surface area contributed by atoms with E-state index in [0.29, 0.717) is 0 Å². The minimum Gasteiger partial charge on any atom is -0.456 e. The van der Waals surface area contributed by atoms with Gasteiger partial charge in [-0.05, 0) is 75.5 Å². The van der Waals surface area contributed by atoms with Crippen LogP contribution in [0.4, 0.5) is 0 Å². The van der Waals surface area contributed by atoms with Crippen LogP contribution in [0.25, 0.3) is 0 Å². The molecular weight excluding hydrogens is 316 g/mol. The van der Waals surface area contributed by atoms with E-state index >= 15 is 0 Å². The van der Waals surface area contributed by atoms with E-state index in [1.165, 1.54) is 31.4 Å². The molecule has 140 valence electrons. The zero-order valence-corrected chi connectivity index (χ0v) is 16.0. The molecule has 0 spiro atoms. The first-order chi connectivity index (χ1) is 11.7. The molecule has 4 bridgehead atoms. The second-order valence-electron chi connectivity index (χ2n) is 9.10. The number of hydrogen-bond donors (Lipinski definition) is 0. The largest absolute Gasteiger partial charge is 0.456 e. The number of hydrogen-bond acceptors (Lipinski definition) is 4. The molecule has 0 aliphatic heterocycles. The lowest BCUT2D eigenvalue weighted by atomic mass is 9.54. The highest BCUT2D eigenvalue weighted by molar-refractivity contribution is 5.92. The van der Waals surface area contributed by atoms with Crippen molar-refractivity contribution in [2.75, 3.05) is 0 Å². The number of esters is 2. The second kappa shape index (κ2) is 6.77. The topological polar surface area (TPSA) is 52.6 Å². The number of ether oxygens (including phenoxy) is 2. The maximum atomic E-state index is 12.3. The Morgan fingerprint density at radius 2 is 1.52 bits per heavy atom. The first-order valence-electron chi connectivity index (χ1n) is 9.87. The standard InChI is InChI=1S/C21H32O4/c1-5-20(4,14(2)3)24-18(22)6-7-19(23)25-21-11-15-8-16(12-21)10-17(9-15)13-21/h6-7,14-17H,5,8-13H2,1-4H3/b7-6+. The van der Waals surface area contributed by atoms with Crippen LogP contribution >= 0.6 is 0 Å². The van der Waals surface area contributed by atoms with Gasteiger partial charge in [0.25, 0.3) is 0 Å². The van der Waals surface area contributed by atoms with Crippen LogP contribution in [0.2, 0.25) is 0 Å². The van der Waals surface area contributed by atoms with Gasteiger partial charge in [-0.1, -0.05) is 20.8 Å². The van der Waals surface area contributed by atoms with E-state index in [4.69, 9.17) is 9.47 Å². The lowest BCUT2D eigenvalue weighted by Gasteiger charge is -2.55. The van der Waals surface area contributed by atoms with Crippen LogP contribution in [0.3, 0.4) is 0 Å². The molecule has 0 saturated heterocycles. The highest BCUT2D eigenvalue weighted by atomic mass is 16.6. The normalized spacial score (nSPS) is 35.8. The summed E-state index contributed by atoms with van der Waals surface area (Å²) < 4.78 is 11.4. The fourth-order valence-corrected chi connectivity index (χ4v) is 5.40. The molecule has 4 nitrogen and oxygen atoms in total. The van der Waals surface area contributed by atoms with Crippen molar-refractivity contribution in [3.8, 4) is 0 Å². The molecule has 0 amide bonds. The molecule has 0 radical (unpaired) electrons. The molecule has 4 fully saturated rings. The van der Waals surface area contributed by atoms with Crippen molar-refractivity contribution in [3.05, 3.63) is 12.2 Å². The van der Waals surface area contributed by atoms with Crippen molar-refractivity contribution in [3.63, 3.8) is 0 Å². The summed E-state index contributed by atoms with van der Waals surface area (Å²) in [7, 11) is 0. The van der Waals surface area contributed by atoms with Gasteiger partial charge in [-0.15, -0.1) is 0 Å². The Labute approximate surface area is 151 Å². The summed E-state index contributed by atoms with van der Waals surface area (Å²) in [6.45, 7) is 7.99. The minimum absolute atomic E-state index is 0.217. The average Bonchev–Trinajstić information content (AvgIpc) is 2.50. The predicted molar refractivity (Wildman–Crippen MR) is 95.8 cm³/mol. The van der Waals surface area contributed by atoms with Gasteiger partial charge in [0.2, 0.25) is 0 Å². The molecule has 0 aromatic heterocycles. The van der Waals surface area contributed by atoms with Gasteiger partial charge < -0.3 is 9.47 Å². The fourth-order valence-electron chi connectivity index (χ4n) is 5.40. The van der Waals surface area contributed by atoms with Crippen molar-refractivity contribution in [1.29, 1.82) is 0 Å². The summed E-state index contributed by atoms with van der Waals surface area (Å²) >= 11 is 0. The highest BCUT2D eigenvalue weighted by Gasteiger charge is 2.53. The zero-order valence-electron chi connectivity index (χ0n) is 16.0. The van der Waals surface area contributed by atoms with Gasteiger partial charge >= 0.3 is 11.9 Å². The maximum absolute atomic E-state index is 12.3. The van der Waals surface area contributed by atoms with Crippen LogP contribution < -0.4 is 0 Å².